The van der Waals surface area contributed by atoms with Crippen molar-refractivity contribution < 1.29 is 13.2 Å². The number of rotatable bonds is 2. The van der Waals surface area contributed by atoms with E-state index in [0.29, 0.717) is 31.0 Å². The van der Waals surface area contributed by atoms with Crippen LogP contribution >= 0.6 is 0 Å². The summed E-state index contributed by atoms with van der Waals surface area (Å²) in [5, 5.41) is 3.61. The van der Waals surface area contributed by atoms with Gasteiger partial charge in [0.05, 0.1) is 5.92 Å². The number of hydrogen-bond acceptors (Lipinski definition) is 2. The zero-order valence-corrected chi connectivity index (χ0v) is 12.7. The van der Waals surface area contributed by atoms with E-state index in [1.54, 1.807) is 0 Å². The van der Waals surface area contributed by atoms with Crippen molar-refractivity contribution in [3.63, 3.8) is 0 Å². The molecule has 0 amide bonds. The fraction of sp³-hybridized carbons (Fsp3) is 1.00. The molecule has 3 aliphatic rings. The lowest BCUT2D eigenvalue weighted by Gasteiger charge is -2.46. The number of hydrogen-bond donors (Lipinski definition) is 1. The zero-order chi connectivity index (χ0) is 14.9. The molecule has 0 aromatic carbocycles. The number of likely N-dealkylation sites (tertiary alicyclic amines) is 1. The van der Waals surface area contributed by atoms with Crippen molar-refractivity contribution >= 4 is 0 Å². The van der Waals surface area contributed by atoms with Crippen LogP contribution in [0, 0.1) is 5.92 Å². The highest BCUT2D eigenvalue weighted by molar-refractivity contribution is 4.94. The van der Waals surface area contributed by atoms with E-state index >= 15 is 0 Å². The summed E-state index contributed by atoms with van der Waals surface area (Å²) in [4.78, 5) is 2.57. The van der Waals surface area contributed by atoms with Crippen LogP contribution in [-0.4, -0.2) is 42.3 Å². The van der Waals surface area contributed by atoms with Gasteiger partial charge >= 0.3 is 6.18 Å². The van der Waals surface area contributed by atoms with Crippen molar-refractivity contribution in [2.45, 2.75) is 82.1 Å². The van der Waals surface area contributed by atoms with Crippen LogP contribution in [0.4, 0.5) is 13.2 Å². The van der Waals surface area contributed by atoms with Gasteiger partial charge in [-0.3, -0.25) is 4.90 Å². The van der Waals surface area contributed by atoms with Crippen LogP contribution in [0.3, 0.4) is 0 Å². The molecule has 21 heavy (non-hydrogen) atoms. The molecule has 0 aromatic rings. The lowest BCUT2D eigenvalue weighted by Crippen LogP contribution is -2.55. The summed E-state index contributed by atoms with van der Waals surface area (Å²) < 4.78 is 38.4. The summed E-state index contributed by atoms with van der Waals surface area (Å²) in [6.07, 6.45) is 4.32. The van der Waals surface area contributed by atoms with E-state index in [1.807, 2.05) is 0 Å². The van der Waals surface area contributed by atoms with Gasteiger partial charge in [-0.15, -0.1) is 0 Å². The predicted molar refractivity (Wildman–Crippen MR) is 77.2 cm³/mol. The SMILES string of the molecule is FC(F)(F)C1CCC(N2CCCCC2C2CCCN2)CC1. The topological polar surface area (TPSA) is 15.3 Å². The van der Waals surface area contributed by atoms with Crippen LogP contribution in [0.25, 0.3) is 0 Å². The van der Waals surface area contributed by atoms with Gasteiger partial charge in [-0.25, -0.2) is 0 Å². The van der Waals surface area contributed by atoms with Crippen molar-refractivity contribution in [3.05, 3.63) is 0 Å². The fourth-order valence-electron chi connectivity index (χ4n) is 4.64. The summed E-state index contributed by atoms with van der Waals surface area (Å²) >= 11 is 0. The molecule has 2 atom stereocenters. The Morgan fingerprint density at radius 3 is 2.24 bits per heavy atom. The van der Waals surface area contributed by atoms with Gasteiger partial charge in [0.15, 0.2) is 0 Å². The second-order valence-corrected chi connectivity index (χ2v) is 7.05. The van der Waals surface area contributed by atoms with E-state index in [2.05, 4.69) is 10.2 Å². The Bertz CT molecular complexity index is 331. The van der Waals surface area contributed by atoms with E-state index in [0.717, 1.165) is 25.9 Å². The second-order valence-electron chi connectivity index (χ2n) is 7.05. The molecule has 3 fully saturated rings. The first-order valence-electron chi connectivity index (χ1n) is 8.61. The largest absolute Gasteiger partial charge is 0.391 e. The number of nitrogens with one attached hydrogen (secondary N) is 1. The van der Waals surface area contributed by atoms with Crippen molar-refractivity contribution in [3.8, 4) is 0 Å². The van der Waals surface area contributed by atoms with Crippen LogP contribution in [0.1, 0.15) is 57.8 Å². The van der Waals surface area contributed by atoms with Gasteiger partial charge in [0.25, 0.3) is 0 Å². The minimum atomic E-state index is -3.99. The minimum absolute atomic E-state index is 0.329. The molecule has 0 radical (unpaired) electrons. The Morgan fingerprint density at radius 2 is 1.62 bits per heavy atom. The van der Waals surface area contributed by atoms with Crippen molar-refractivity contribution in [1.82, 2.24) is 10.2 Å². The Morgan fingerprint density at radius 1 is 0.857 bits per heavy atom. The van der Waals surface area contributed by atoms with Crippen LogP contribution in [-0.2, 0) is 0 Å². The summed E-state index contributed by atoms with van der Waals surface area (Å²) in [5.41, 5.74) is 0. The highest BCUT2D eigenvalue weighted by Gasteiger charge is 2.43. The lowest BCUT2D eigenvalue weighted by molar-refractivity contribution is -0.185. The van der Waals surface area contributed by atoms with E-state index in [-0.39, 0.29) is 0 Å². The maximum atomic E-state index is 12.8. The number of piperidine rings is 1. The van der Waals surface area contributed by atoms with Crippen LogP contribution in [0.5, 0.6) is 0 Å². The predicted octanol–water partition coefficient (Wildman–Crippen LogP) is 3.71. The molecule has 2 saturated heterocycles. The number of nitrogens with zero attached hydrogens (tertiary/aromatic N) is 1. The Labute approximate surface area is 125 Å². The summed E-state index contributed by atoms with van der Waals surface area (Å²) in [6, 6.07) is 1.52. The monoisotopic (exact) mass is 304 g/mol. The first-order chi connectivity index (χ1) is 10.1. The Kier molecular flexibility index (Phi) is 4.79. The number of alkyl halides is 3. The normalized spacial score (nSPS) is 39.6. The van der Waals surface area contributed by atoms with Gasteiger partial charge in [-0.2, -0.15) is 13.2 Å². The van der Waals surface area contributed by atoms with Gasteiger partial charge in [-0.1, -0.05) is 6.42 Å². The van der Waals surface area contributed by atoms with Gasteiger partial charge in [0, 0.05) is 18.1 Å². The zero-order valence-electron chi connectivity index (χ0n) is 12.7. The van der Waals surface area contributed by atoms with Crippen LogP contribution < -0.4 is 5.32 Å². The van der Waals surface area contributed by atoms with E-state index < -0.39 is 12.1 Å². The first-order valence-corrected chi connectivity index (χ1v) is 8.61. The molecule has 122 valence electrons. The van der Waals surface area contributed by atoms with Crippen molar-refractivity contribution in [2.24, 2.45) is 5.92 Å². The Balaban J connectivity index is 1.59. The van der Waals surface area contributed by atoms with E-state index in [1.165, 1.54) is 32.1 Å². The highest BCUT2D eigenvalue weighted by atomic mass is 19.4. The smallest absolute Gasteiger partial charge is 0.312 e. The molecule has 2 unspecified atom stereocenters. The van der Waals surface area contributed by atoms with Gasteiger partial charge in [0.1, 0.15) is 0 Å². The van der Waals surface area contributed by atoms with E-state index in [9.17, 15) is 13.2 Å². The molecule has 2 nitrogen and oxygen atoms in total. The third-order valence-corrected chi connectivity index (χ3v) is 5.78. The minimum Gasteiger partial charge on any atom is -0.312 e. The van der Waals surface area contributed by atoms with Gasteiger partial charge in [-0.05, 0) is 64.5 Å². The summed E-state index contributed by atoms with van der Waals surface area (Å²) in [7, 11) is 0. The van der Waals surface area contributed by atoms with Crippen molar-refractivity contribution in [2.75, 3.05) is 13.1 Å². The molecular weight excluding hydrogens is 277 g/mol. The second kappa shape index (κ2) is 6.45. The molecule has 0 aromatic heterocycles. The fourth-order valence-corrected chi connectivity index (χ4v) is 4.64. The van der Waals surface area contributed by atoms with Gasteiger partial charge in [0.2, 0.25) is 0 Å². The average molecular weight is 304 g/mol. The number of halogens is 3. The maximum absolute atomic E-state index is 12.8. The van der Waals surface area contributed by atoms with Crippen molar-refractivity contribution in [1.29, 1.82) is 0 Å². The molecule has 2 aliphatic heterocycles. The highest BCUT2D eigenvalue weighted by Crippen LogP contribution is 2.40. The molecule has 0 bridgehead atoms. The van der Waals surface area contributed by atoms with Crippen LogP contribution in [0.15, 0.2) is 0 Å². The average Bonchev–Trinajstić information content (AvgIpc) is 3.01. The lowest BCUT2D eigenvalue weighted by atomic mass is 9.82. The molecule has 1 N–H and O–H groups in total. The van der Waals surface area contributed by atoms with E-state index in [4.69, 9.17) is 0 Å². The third kappa shape index (κ3) is 3.55. The standard InChI is InChI=1S/C16H27F3N2/c17-16(18,19)12-6-8-13(9-7-12)21-11-2-1-5-15(21)14-4-3-10-20-14/h12-15,20H,1-11H2. The molecule has 2 heterocycles. The molecular formula is C16H27F3N2. The molecule has 3 rings (SSSR count). The molecule has 1 saturated carbocycles. The summed E-state index contributed by atoms with van der Waals surface area (Å²) in [5.74, 6) is -1.05. The Hall–Kier alpha value is -0.290. The molecule has 5 heteroatoms. The quantitative estimate of drug-likeness (QED) is 0.836. The third-order valence-electron chi connectivity index (χ3n) is 5.78. The molecule has 1 aliphatic carbocycles. The summed E-state index contributed by atoms with van der Waals surface area (Å²) in [6.45, 7) is 2.19. The molecule has 0 spiro atoms. The van der Waals surface area contributed by atoms with Gasteiger partial charge < -0.3 is 5.32 Å². The maximum Gasteiger partial charge on any atom is 0.391 e. The first kappa shape index (κ1) is 15.6. The van der Waals surface area contributed by atoms with Crippen LogP contribution in [0.2, 0.25) is 0 Å².